The first-order valence-corrected chi connectivity index (χ1v) is 9.35. The number of rotatable bonds is 5. The lowest BCUT2D eigenvalue weighted by molar-refractivity contribution is 0.0977. The van der Waals surface area contributed by atoms with Gasteiger partial charge in [-0.05, 0) is 54.1 Å². The molecule has 3 aromatic rings. The van der Waals surface area contributed by atoms with Crippen LogP contribution in [0.15, 0.2) is 82.5 Å². The Balaban J connectivity index is 1.83. The number of guanidine groups is 1. The van der Waals surface area contributed by atoms with Gasteiger partial charge in [0.15, 0.2) is 0 Å². The van der Waals surface area contributed by atoms with Gasteiger partial charge in [0.2, 0.25) is 5.96 Å². The maximum atomic E-state index is 12.6. The van der Waals surface area contributed by atoms with E-state index in [1.807, 2.05) is 48.5 Å². The second kappa shape index (κ2) is 9.66. The summed E-state index contributed by atoms with van der Waals surface area (Å²) >= 11 is 3.37. The van der Waals surface area contributed by atoms with Crippen molar-refractivity contribution in [2.45, 2.75) is 6.54 Å². The van der Waals surface area contributed by atoms with Crippen LogP contribution >= 0.6 is 15.9 Å². The van der Waals surface area contributed by atoms with Crippen molar-refractivity contribution >= 4 is 33.5 Å². The van der Waals surface area contributed by atoms with Gasteiger partial charge in [-0.2, -0.15) is 0 Å². The first-order chi connectivity index (χ1) is 13.7. The van der Waals surface area contributed by atoms with Gasteiger partial charge >= 0.3 is 0 Å². The lowest BCUT2D eigenvalue weighted by Gasteiger charge is -2.14. The number of aliphatic imine (C=N–C) groups is 1. The number of aromatic nitrogens is 1. The first kappa shape index (κ1) is 19.6. The summed E-state index contributed by atoms with van der Waals surface area (Å²) in [4.78, 5) is 21.2. The molecule has 0 unspecified atom stereocenters. The van der Waals surface area contributed by atoms with Crippen LogP contribution in [-0.4, -0.2) is 24.0 Å². The van der Waals surface area contributed by atoms with E-state index in [-0.39, 0.29) is 5.91 Å². The third kappa shape index (κ3) is 5.40. The quantitative estimate of drug-likeness (QED) is 0.461. The summed E-state index contributed by atoms with van der Waals surface area (Å²) in [5.41, 5.74) is 2.21. The number of carbonyl (C=O) groups is 1. The molecule has 0 aliphatic heterocycles. The van der Waals surface area contributed by atoms with Crippen LogP contribution in [0.2, 0.25) is 0 Å². The fraction of sp³-hybridized carbons (Fsp3) is 0.0952. The zero-order valence-electron chi connectivity index (χ0n) is 15.2. The summed E-state index contributed by atoms with van der Waals surface area (Å²) in [7, 11) is 1.59. The molecule has 6 nitrogen and oxygen atoms in total. The van der Waals surface area contributed by atoms with Crippen LogP contribution in [0.4, 0.5) is 5.69 Å². The Morgan fingerprint density at radius 3 is 2.50 bits per heavy atom. The van der Waals surface area contributed by atoms with Crippen molar-refractivity contribution in [1.82, 2.24) is 10.3 Å². The molecule has 0 aliphatic carbocycles. The van der Waals surface area contributed by atoms with Crippen molar-refractivity contribution in [3.8, 4) is 5.75 Å². The molecule has 0 radical (unpaired) electrons. The Morgan fingerprint density at radius 2 is 1.79 bits per heavy atom. The molecule has 0 atom stereocenters. The molecule has 1 amide bonds. The molecule has 2 aromatic carbocycles. The number of nitrogens with one attached hydrogen (secondary N) is 2. The fourth-order valence-corrected chi connectivity index (χ4v) is 2.69. The van der Waals surface area contributed by atoms with Gasteiger partial charge in [-0.1, -0.05) is 28.1 Å². The lowest BCUT2D eigenvalue weighted by Crippen LogP contribution is -2.36. The molecule has 0 saturated heterocycles. The molecule has 0 bridgehead atoms. The van der Waals surface area contributed by atoms with E-state index in [0.717, 1.165) is 10.0 Å². The van der Waals surface area contributed by atoms with Crippen LogP contribution < -0.4 is 15.4 Å². The second-order valence-corrected chi connectivity index (χ2v) is 6.72. The van der Waals surface area contributed by atoms with E-state index in [0.29, 0.717) is 29.5 Å². The highest BCUT2D eigenvalue weighted by Crippen LogP contribution is 2.23. The van der Waals surface area contributed by atoms with Crippen molar-refractivity contribution in [3.05, 3.63) is 88.7 Å². The number of methoxy groups -OCH3 is 1. The number of hydrogen-bond donors (Lipinski definition) is 2. The van der Waals surface area contributed by atoms with Crippen molar-refractivity contribution in [2.75, 3.05) is 12.4 Å². The van der Waals surface area contributed by atoms with Crippen LogP contribution in [0, 0.1) is 0 Å². The molecule has 0 fully saturated rings. The van der Waals surface area contributed by atoms with E-state index in [9.17, 15) is 4.79 Å². The molecule has 1 heterocycles. The lowest BCUT2D eigenvalue weighted by atomic mass is 10.2. The van der Waals surface area contributed by atoms with Crippen molar-refractivity contribution < 1.29 is 9.53 Å². The van der Waals surface area contributed by atoms with E-state index in [1.165, 1.54) is 0 Å². The van der Waals surface area contributed by atoms with E-state index in [1.54, 1.807) is 31.6 Å². The molecular formula is C21H19BrN4O2. The summed E-state index contributed by atoms with van der Waals surface area (Å²) in [6, 6.07) is 18.3. The highest BCUT2D eigenvalue weighted by molar-refractivity contribution is 9.10. The second-order valence-electron chi connectivity index (χ2n) is 5.81. The standard InChI is InChI=1S/C21H19BrN4O2/c1-28-19-5-3-2-4-18(19)25-21(24-14-15-10-12-23-13-11-15)26-20(27)16-6-8-17(22)9-7-16/h2-13H,14H2,1H3,(H2,24,25,26,27). The zero-order valence-corrected chi connectivity index (χ0v) is 16.8. The molecule has 28 heavy (non-hydrogen) atoms. The van der Waals surface area contributed by atoms with Crippen LogP contribution in [0.25, 0.3) is 0 Å². The largest absolute Gasteiger partial charge is 0.495 e. The summed E-state index contributed by atoms with van der Waals surface area (Å²) in [6.07, 6.45) is 3.41. The predicted octanol–water partition coefficient (Wildman–Crippen LogP) is 4.25. The maximum Gasteiger partial charge on any atom is 0.257 e. The van der Waals surface area contributed by atoms with Gasteiger partial charge < -0.3 is 10.1 Å². The van der Waals surface area contributed by atoms with Gasteiger partial charge in [-0.25, -0.2) is 4.99 Å². The monoisotopic (exact) mass is 438 g/mol. The molecule has 142 valence electrons. The average molecular weight is 439 g/mol. The van der Waals surface area contributed by atoms with Gasteiger partial charge in [0.25, 0.3) is 5.91 Å². The van der Waals surface area contributed by atoms with Crippen LogP contribution in [0.5, 0.6) is 5.75 Å². The SMILES string of the molecule is COc1ccccc1NC(=NCc1ccncc1)NC(=O)c1ccc(Br)cc1. The summed E-state index contributed by atoms with van der Waals surface area (Å²) in [5, 5.41) is 5.99. The number of hydrogen-bond acceptors (Lipinski definition) is 4. The molecule has 1 aromatic heterocycles. The van der Waals surface area contributed by atoms with Gasteiger partial charge in [0.05, 0.1) is 19.3 Å². The van der Waals surface area contributed by atoms with E-state index >= 15 is 0 Å². The normalized spacial score (nSPS) is 11.0. The first-order valence-electron chi connectivity index (χ1n) is 8.56. The van der Waals surface area contributed by atoms with E-state index < -0.39 is 0 Å². The molecule has 7 heteroatoms. The zero-order chi connectivity index (χ0) is 19.8. The van der Waals surface area contributed by atoms with E-state index in [4.69, 9.17) is 4.74 Å². The highest BCUT2D eigenvalue weighted by Gasteiger charge is 2.11. The average Bonchev–Trinajstić information content (AvgIpc) is 2.73. The van der Waals surface area contributed by atoms with Gasteiger partial charge in [0.1, 0.15) is 5.75 Å². The van der Waals surface area contributed by atoms with E-state index in [2.05, 4.69) is 36.5 Å². The molecule has 3 rings (SSSR count). The number of para-hydroxylation sites is 2. The minimum atomic E-state index is -0.261. The number of halogens is 1. The molecule has 0 spiro atoms. The third-order valence-corrected chi connectivity index (χ3v) is 4.40. The predicted molar refractivity (Wildman–Crippen MR) is 114 cm³/mol. The van der Waals surface area contributed by atoms with Crippen LogP contribution in [-0.2, 0) is 6.54 Å². The summed E-state index contributed by atoms with van der Waals surface area (Å²) < 4.78 is 6.27. The summed E-state index contributed by atoms with van der Waals surface area (Å²) in [5.74, 6) is 0.717. The van der Waals surface area contributed by atoms with Gasteiger partial charge in [-0.3, -0.25) is 15.1 Å². The van der Waals surface area contributed by atoms with Crippen molar-refractivity contribution in [3.63, 3.8) is 0 Å². The summed E-state index contributed by atoms with van der Waals surface area (Å²) in [6.45, 7) is 0.390. The number of benzene rings is 2. The topological polar surface area (TPSA) is 75.6 Å². The number of carbonyl (C=O) groups excluding carboxylic acids is 1. The van der Waals surface area contributed by atoms with Gasteiger partial charge in [-0.15, -0.1) is 0 Å². The van der Waals surface area contributed by atoms with Crippen LogP contribution in [0.1, 0.15) is 15.9 Å². The van der Waals surface area contributed by atoms with Crippen molar-refractivity contribution in [1.29, 1.82) is 0 Å². The molecule has 2 N–H and O–H groups in total. The Labute approximate surface area is 171 Å². The maximum absolute atomic E-state index is 12.6. The number of nitrogens with zero attached hydrogens (tertiary/aromatic N) is 2. The molecule has 0 aliphatic rings. The Kier molecular flexibility index (Phi) is 6.75. The third-order valence-electron chi connectivity index (χ3n) is 3.87. The van der Waals surface area contributed by atoms with Gasteiger partial charge in [0, 0.05) is 22.4 Å². The minimum absolute atomic E-state index is 0.261. The van der Waals surface area contributed by atoms with Crippen LogP contribution in [0.3, 0.4) is 0 Å². The highest BCUT2D eigenvalue weighted by atomic mass is 79.9. The Bertz CT molecular complexity index is 960. The molecular weight excluding hydrogens is 420 g/mol. The fourth-order valence-electron chi connectivity index (χ4n) is 2.43. The minimum Gasteiger partial charge on any atom is -0.495 e. The number of amides is 1. The Hall–Kier alpha value is -3.19. The smallest absolute Gasteiger partial charge is 0.257 e. The van der Waals surface area contributed by atoms with Crippen molar-refractivity contribution in [2.24, 2.45) is 4.99 Å². The molecule has 0 saturated carbocycles. The number of anilines is 1. The Morgan fingerprint density at radius 1 is 1.07 bits per heavy atom. The number of pyridine rings is 1. The number of ether oxygens (including phenoxy) is 1.